The molecule has 0 bridgehead atoms. The van der Waals surface area contributed by atoms with Crippen LogP contribution in [0, 0.1) is 5.92 Å². The van der Waals surface area contributed by atoms with Crippen molar-refractivity contribution in [2.24, 2.45) is 33.8 Å². The van der Waals surface area contributed by atoms with Crippen molar-refractivity contribution in [3.05, 3.63) is 35.9 Å². The number of hydrogen-bond acceptors (Lipinski definition) is 14. The van der Waals surface area contributed by atoms with Gasteiger partial charge in [-0.05, 0) is 75.0 Å². The highest BCUT2D eigenvalue weighted by atomic mass is 32.2. The Morgan fingerprint density at radius 1 is 0.618 bits per heavy atom. The van der Waals surface area contributed by atoms with E-state index in [1.54, 1.807) is 50.4 Å². The summed E-state index contributed by atoms with van der Waals surface area (Å²) in [7, 11) is 0. The molecule has 0 unspecified atom stereocenters. The second-order valence-corrected chi connectivity index (χ2v) is 17.0. The topological polar surface area (TPSA) is 424 Å². The molecule has 0 spiro atoms. The number of carboxylic acids is 2. The summed E-state index contributed by atoms with van der Waals surface area (Å²) in [6.45, 7) is 2.02. The third kappa shape index (κ3) is 26.0. The van der Waals surface area contributed by atoms with Gasteiger partial charge in [0.25, 0.3) is 0 Å². The number of aliphatic carboxylic acids is 2. The van der Waals surface area contributed by atoms with Crippen molar-refractivity contribution in [1.29, 1.82) is 0 Å². The number of thioether (sulfide) groups is 1. The number of unbranched alkanes of at least 4 members (excludes halogenated alkanes) is 1. The number of amides is 8. The van der Waals surface area contributed by atoms with Crippen LogP contribution in [0.4, 0.5) is 0 Å². The minimum atomic E-state index is -1.41. The number of carbonyl (C=O) groups excluding carboxylic acids is 8. The monoisotopic (exact) mass is 979 g/mol. The zero-order valence-corrected chi connectivity index (χ0v) is 39.5. The molecule has 1 aromatic carbocycles. The van der Waals surface area contributed by atoms with Crippen molar-refractivity contribution in [1.82, 2.24) is 42.5 Å². The number of nitrogens with one attached hydrogen (secondary N) is 8. The van der Waals surface area contributed by atoms with Crippen molar-refractivity contribution in [2.45, 2.75) is 108 Å². The van der Waals surface area contributed by atoms with Gasteiger partial charge in [0, 0.05) is 13.0 Å². The Morgan fingerprint density at radius 2 is 1.15 bits per heavy atom. The Hall–Kier alpha value is -6.54. The fourth-order valence-corrected chi connectivity index (χ4v) is 6.71. The van der Waals surface area contributed by atoms with Crippen LogP contribution in [0.1, 0.15) is 70.8 Å². The second-order valence-electron chi connectivity index (χ2n) is 16.0. The van der Waals surface area contributed by atoms with E-state index in [1.165, 1.54) is 11.8 Å². The second kappa shape index (κ2) is 33.0. The molecule has 25 nitrogen and oxygen atoms in total. The molecule has 68 heavy (non-hydrogen) atoms. The summed E-state index contributed by atoms with van der Waals surface area (Å²) in [5, 5.41) is 37.9. The standard InChI is InChI=1S/C42H69N13O12S/c1-24(2)18-30(51-33(57)22-48-32(56)21-49-38(64)29(14-17-68-3)52-36(62)26(44)20-34(58)59)40(66)55-31(19-25-10-5-4-6-11-25)41(67)54-28(13-9-16-47-42(45)46)39(65)53-27(12-7-8-15-43)37(63)50-23-35(60)61/h4-6,10-11,24,26-31H,7-9,12-23,43-44H2,1-3H3,(H,48,56)(H,49,64)(H,50,63)(H,51,57)(H,52,62)(H,53,65)(H,54,67)(H,55,66)(H,58,59)(H,60,61)(H4,45,46,47)/t26-,27-,28-,29-,30-,31-/m0/s1. The van der Waals surface area contributed by atoms with Crippen molar-refractivity contribution in [2.75, 3.05) is 44.7 Å². The molecule has 0 aliphatic carbocycles. The van der Waals surface area contributed by atoms with Gasteiger partial charge < -0.3 is 75.7 Å². The first kappa shape index (κ1) is 59.5. The molecule has 380 valence electrons. The highest BCUT2D eigenvalue weighted by Gasteiger charge is 2.32. The first-order valence-electron chi connectivity index (χ1n) is 22.0. The van der Waals surface area contributed by atoms with Crippen molar-refractivity contribution < 1.29 is 58.2 Å². The summed E-state index contributed by atoms with van der Waals surface area (Å²) in [6.07, 6.45) is 2.43. The number of carbonyl (C=O) groups is 10. The lowest BCUT2D eigenvalue weighted by atomic mass is 10.0. The van der Waals surface area contributed by atoms with E-state index in [0.29, 0.717) is 30.7 Å². The molecule has 0 radical (unpaired) electrons. The molecule has 0 aromatic heterocycles. The van der Waals surface area contributed by atoms with Gasteiger partial charge in [0.1, 0.15) is 36.8 Å². The van der Waals surface area contributed by atoms with Crippen molar-refractivity contribution >= 4 is 76.9 Å². The molecule has 0 heterocycles. The highest BCUT2D eigenvalue weighted by Crippen LogP contribution is 2.11. The SMILES string of the molecule is CSCC[C@H](NC(=O)[C@@H](N)CC(=O)O)C(=O)NCC(=O)NCC(=O)N[C@@H](CC(C)C)C(=O)N[C@@H](Cc1ccccc1)C(=O)N[C@@H](CCCN=C(N)N)C(=O)N[C@@H](CCCCN)C(=O)NCC(=O)O. The van der Waals surface area contributed by atoms with Gasteiger partial charge in [0.05, 0.1) is 25.6 Å². The van der Waals surface area contributed by atoms with Gasteiger partial charge in [0.2, 0.25) is 47.3 Å². The van der Waals surface area contributed by atoms with Gasteiger partial charge in [-0.15, -0.1) is 0 Å². The zero-order valence-electron chi connectivity index (χ0n) is 38.7. The van der Waals surface area contributed by atoms with Gasteiger partial charge >= 0.3 is 11.9 Å². The summed E-state index contributed by atoms with van der Waals surface area (Å²) < 4.78 is 0. The number of carboxylic acid groups (broad SMARTS) is 2. The van der Waals surface area contributed by atoms with Crippen LogP contribution < -0.4 is 65.5 Å². The van der Waals surface area contributed by atoms with E-state index in [4.69, 9.17) is 33.1 Å². The maximum atomic E-state index is 14.2. The average Bonchev–Trinajstić information content (AvgIpc) is 3.27. The quantitative estimate of drug-likeness (QED) is 0.0177. The normalized spacial score (nSPS) is 13.4. The third-order valence-electron chi connectivity index (χ3n) is 9.69. The summed E-state index contributed by atoms with van der Waals surface area (Å²) >= 11 is 1.38. The lowest BCUT2D eigenvalue weighted by molar-refractivity contribution is -0.140. The number of rotatable bonds is 34. The molecule has 0 fully saturated rings. The van der Waals surface area contributed by atoms with Crippen LogP contribution in [0.25, 0.3) is 0 Å². The molecule has 0 aliphatic rings. The molecular formula is C42H69N13O12S. The molecule has 0 aliphatic heterocycles. The fourth-order valence-electron chi connectivity index (χ4n) is 6.24. The van der Waals surface area contributed by atoms with Gasteiger partial charge in [0.15, 0.2) is 5.96 Å². The minimum Gasteiger partial charge on any atom is -0.481 e. The Bertz CT molecular complexity index is 1870. The van der Waals surface area contributed by atoms with E-state index in [9.17, 15) is 47.9 Å². The lowest BCUT2D eigenvalue weighted by Crippen LogP contribution is -2.59. The number of nitrogens with zero attached hydrogens (tertiary/aromatic N) is 1. The number of nitrogens with two attached hydrogens (primary N) is 4. The van der Waals surface area contributed by atoms with E-state index < -0.39 is 122 Å². The van der Waals surface area contributed by atoms with Crippen LogP contribution in [0.5, 0.6) is 0 Å². The first-order chi connectivity index (χ1) is 32.2. The fraction of sp³-hybridized carbons (Fsp3) is 0.595. The highest BCUT2D eigenvalue weighted by molar-refractivity contribution is 7.98. The van der Waals surface area contributed by atoms with Crippen LogP contribution in [0.15, 0.2) is 35.3 Å². The van der Waals surface area contributed by atoms with Crippen molar-refractivity contribution in [3.63, 3.8) is 0 Å². The lowest BCUT2D eigenvalue weighted by Gasteiger charge is -2.27. The van der Waals surface area contributed by atoms with Crippen LogP contribution in [-0.4, -0.2) is 156 Å². The maximum absolute atomic E-state index is 14.2. The summed E-state index contributed by atoms with van der Waals surface area (Å²) in [4.78, 5) is 132. The van der Waals surface area contributed by atoms with Crippen LogP contribution in [-0.2, 0) is 54.4 Å². The molecule has 6 atom stereocenters. The summed E-state index contributed by atoms with van der Waals surface area (Å²) in [5.41, 5.74) is 22.8. The van der Waals surface area contributed by atoms with E-state index in [0.717, 1.165) is 0 Å². The van der Waals surface area contributed by atoms with Gasteiger partial charge in [-0.2, -0.15) is 11.8 Å². The predicted octanol–water partition coefficient (Wildman–Crippen LogP) is -4.13. The predicted molar refractivity (Wildman–Crippen MR) is 252 cm³/mol. The van der Waals surface area contributed by atoms with E-state index in [1.807, 2.05) is 0 Å². The Morgan fingerprint density at radius 3 is 1.72 bits per heavy atom. The number of guanidine groups is 1. The molecule has 0 saturated carbocycles. The smallest absolute Gasteiger partial charge is 0.322 e. The third-order valence-corrected chi connectivity index (χ3v) is 10.3. The molecule has 26 heteroatoms. The van der Waals surface area contributed by atoms with Crippen molar-refractivity contribution in [3.8, 4) is 0 Å². The average molecular weight is 980 g/mol. The van der Waals surface area contributed by atoms with Gasteiger partial charge in [-0.3, -0.25) is 52.9 Å². The van der Waals surface area contributed by atoms with E-state index >= 15 is 0 Å². The molecule has 1 rings (SSSR count). The first-order valence-corrected chi connectivity index (χ1v) is 23.4. The van der Waals surface area contributed by atoms with E-state index in [2.05, 4.69) is 47.5 Å². The van der Waals surface area contributed by atoms with Crippen LogP contribution in [0.3, 0.4) is 0 Å². The van der Waals surface area contributed by atoms with Crippen LogP contribution in [0.2, 0.25) is 0 Å². The number of benzene rings is 1. The van der Waals surface area contributed by atoms with E-state index in [-0.39, 0.29) is 56.9 Å². The molecule has 18 N–H and O–H groups in total. The zero-order chi connectivity index (χ0) is 51.2. The minimum absolute atomic E-state index is 0.0352. The Balaban J connectivity index is 3.24. The molecule has 1 aromatic rings. The van der Waals surface area contributed by atoms with Gasteiger partial charge in [-0.1, -0.05) is 44.2 Å². The van der Waals surface area contributed by atoms with Crippen LogP contribution >= 0.6 is 11.8 Å². The molecular weight excluding hydrogens is 911 g/mol. The number of aliphatic imine (C=N–C) groups is 1. The maximum Gasteiger partial charge on any atom is 0.322 e. The summed E-state index contributed by atoms with van der Waals surface area (Å²) in [6, 6.07) is 1.01. The number of hydrogen-bond donors (Lipinski definition) is 14. The molecule has 0 saturated heterocycles. The van der Waals surface area contributed by atoms with Gasteiger partial charge in [-0.25, -0.2) is 0 Å². The Labute approximate surface area is 399 Å². The molecule has 8 amide bonds. The Kier molecular flexibility index (Phi) is 28.9. The largest absolute Gasteiger partial charge is 0.481 e. The summed E-state index contributed by atoms with van der Waals surface area (Å²) in [5.74, 6) is -8.89.